The van der Waals surface area contributed by atoms with E-state index in [1.54, 1.807) is 11.6 Å². The van der Waals surface area contributed by atoms with Crippen LogP contribution in [0.3, 0.4) is 0 Å². The third-order valence-corrected chi connectivity index (χ3v) is 4.42. The molecule has 1 aromatic heterocycles. The molecule has 1 amide bonds. The number of carbonyl (C=O) groups is 1. The normalized spacial score (nSPS) is 11.3. The van der Waals surface area contributed by atoms with E-state index in [0.717, 1.165) is 55.0 Å². The van der Waals surface area contributed by atoms with Gasteiger partial charge in [0.1, 0.15) is 5.82 Å². The van der Waals surface area contributed by atoms with E-state index < -0.39 is 5.91 Å². The molecule has 6 nitrogen and oxygen atoms in total. The molecule has 0 bridgehead atoms. The molecule has 6 heteroatoms. The first-order valence-corrected chi connectivity index (χ1v) is 8.90. The van der Waals surface area contributed by atoms with Crippen molar-refractivity contribution in [3.63, 3.8) is 0 Å². The molecule has 2 aromatic rings. The summed E-state index contributed by atoms with van der Waals surface area (Å²) in [5.74, 6) is 3.10. The Morgan fingerprint density at radius 2 is 2.19 bits per heavy atom. The minimum Gasteiger partial charge on any atom is -0.327 e. The molecule has 0 unspecified atom stereocenters. The molecule has 2 N–H and O–H groups in total. The van der Waals surface area contributed by atoms with Gasteiger partial charge in [-0.1, -0.05) is 19.9 Å². The predicted molar refractivity (Wildman–Crippen MR) is 104 cm³/mol. The number of imidazole rings is 1. The van der Waals surface area contributed by atoms with E-state index in [0.29, 0.717) is 6.42 Å². The molecule has 2 rings (SSSR count). The molecule has 0 saturated heterocycles. The molecule has 0 radical (unpaired) electrons. The first kappa shape index (κ1) is 19.7. The van der Waals surface area contributed by atoms with Gasteiger partial charge >= 0.3 is 0 Å². The van der Waals surface area contributed by atoms with E-state index in [-0.39, 0.29) is 0 Å². The highest BCUT2D eigenvalue weighted by atomic mass is 16.5. The summed E-state index contributed by atoms with van der Waals surface area (Å²) in [4.78, 5) is 18.3. The highest BCUT2D eigenvalue weighted by molar-refractivity contribution is 5.91. The fourth-order valence-electron chi connectivity index (χ4n) is 2.92. The maximum atomic E-state index is 11.1. The van der Waals surface area contributed by atoms with Crippen LogP contribution in [0, 0.1) is 12.3 Å². The molecule has 0 aliphatic rings. The molecule has 0 saturated carbocycles. The van der Waals surface area contributed by atoms with Crippen LogP contribution in [0.25, 0.3) is 17.1 Å². The van der Waals surface area contributed by atoms with E-state index in [1.165, 1.54) is 6.08 Å². The maximum absolute atomic E-state index is 11.1. The standard InChI is InChI=1S/C20H26N4O2/c1-4-7-8-19-21-17-15-16(10-12-20(25)22-26)9-11-18(17)24(19)14-13-23(5-2)6-3/h1,9-12,15,26H,5-8,13-14H2,2-3H3,(H,22,25)/b12-10+. The molecule has 138 valence electrons. The van der Waals surface area contributed by atoms with Gasteiger partial charge in [-0.05, 0) is 36.9 Å². The Morgan fingerprint density at radius 1 is 1.42 bits per heavy atom. The van der Waals surface area contributed by atoms with Crippen molar-refractivity contribution in [1.29, 1.82) is 0 Å². The average Bonchev–Trinajstić information content (AvgIpc) is 3.01. The van der Waals surface area contributed by atoms with Crippen molar-refractivity contribution in [1.82, 2.24) is 19.9 Å². The number of aryl methyl sites for hydroxylation is 1. The Bertz CT molecular complexity index is 813. The second-order valence-electron chi connectivity index (χ2n) is 5.97. The summed E-state index contributed by atoms with van der Waals surface area (Å²) in [5.41, 5.74) is 4.36. The molecule has 0 aliphatic heterocycles. The molecular formula is C20H26N4O2. The monoisotopic (exact) mass is 354 g/mol. The van der Waals surface area contributed by atoms with Crippen LogP contribution < -0.4 is 5.48 Å². The highest BCUT2D eigenvalue weighted by Crippen LogP contribution is 2.20. The molecule has 0 aliphatic carbocycles. The van der Waals surface area contributed by atoms with Crippen LogP contribution in [-0.2, 0) is 17.8 Å². The van der Waals surface area contributed by atoms with E-state index in [1.807, 2.05) is 18.2 Å². The summed E-state index contributed by atoms with van der Waals surface area (Å²) in [6.07, 6.45) is 9.73. The van der Waals surface area contributed by atoms with Gasteiger partial charge in [0.25, 0.3) is 5.91 Å². The van der Waals surface area contributed by atoms with Gasteiger partial charge in [-0.2, -0.15) is 0 Å². The van der Waals surface area contributed by atoms with Crippen molar-refractivity contribution in [2.75, 3.05) is 19.6 Å². The number of rotatable bonds is 9. The van der Waals surface area contributed by atoms with Crippen LogP contribution in [0.15, 0.2) is 24.3 Å². The molecule has 0 fully saturated rings. The summed E-state index contributed by atoms with van der Waals surface area (Å²) in [5, 5.41) is 8.56. The smallest absolute Gasteiger partial charge is 0.267 e. The molecule has 0 atom stereocenters. The van der Waals surface area contributed by atoms with Gasteiger partial charge in [-0.15, -0.1) is 12.3 Å². The summed E-state index contributed by atoms with van der Waals surface area (Å²) < 4.78 is 2.24. The van der Waals surface area contributed by atoms with Gasteiger partial charge in [-0.25, -0.2) is 10.5 Å². The van der Waals surface area contributed by atoms with Crippen molar-refractivity contribution in [2.24, 2.45) is 0 Å². The lowest BCUT2D eigenvalue weighted by Gasteiger charge is -2.19. The number of fused-ring (bicyclic) bond motifs is 1. The summed E-state index contributed by atoms with van der Waals surface area (Å²) >= 11 is 0. The van der Waals surface area contributed by atoms with Crippen LogP contribution >= 0.6 is 0 Å². The van der Waals surface area contributed by atoms with E-state index in [4.69, 9.17) is 16.6 Å². The largest absolute Gasteiger partial charge is 0.327 e. The van der Waals surface area contributed by atoms with Crippen LogP contribution in [0.1, 0.15) is 31.7 Å². The van der Waals surface area contributed by atoms with Gasteiger partial charge in [-0.3, -0.25) is 10.0 Å². The number of carbonyl (C=O) groups excluding carboxylic acids is 1. The minimum absolute atomic E-state index is 0.565. The van der Waals surface area contributed by atoms with Crippen molar-refractivity contribution in [2.45, 2.75) is 33.2 Å². The number of benzene rings is 1. The van der Waals surface area contributed by atoms with Crippen molar-refractivity contribution < 1.29 is 10.0 Å². The first-order chi connectivity index (χ1) is 12.6. The first-order valence-electron chi connectivity index (χ1n) is 8.90. The number of hydroxylamine groups is 1. The quantitative estimate of drug-likeness (QED) is 0.314. The Balaban J connectivity index is 2.33. The topological polar surface area (TPSA) is 70.4 Å². The molecule has 1 aromatic carbocycles. The number of amides is 1. The Kier molecular flexibility index (Phi) is 7.39. The Labute approximate surface area is 154 Å². The summed E-state index contributed by atoms with van der Waals surface area (Å²) in [7, 11) is 0. The maximum Gasteiger partial charge on any atom is 0.267 e. The number of aromatic nitrogens is 2. The lowest BCUT2D eigenvalue weighted by atomic mass is 10.2. The zero-order chi connectivity index (χ0) is 18.9. The highest BCUT2D eigenvalue weighted by Gasteiger charge is 2.11. The number of nitrogens with zero attached hydrogens (tertiary/aromatic N) is 3. The summed E-state index contributed by atoms with van der Waals surface area (Å²) in [6.45, 7) is 8.18. The third-order valence-electron chi connectivity index (χ3n) is 4.42. The number of likely N-dealkylation sites (N-methyl/N-ethyl adjacent to an activating group) is 1. The van der Waals surface area contributed by atoms with Crippen molar-refractivity contribution in [3.05, 3.63) is 35.7 Å². The van der Waals surface area contributed by atoms with Crippen molar-refractivity contribution >= 4 is 23.0 Å². The average molecular weight is 354 g/mol. The number of terminal acetylenes is 1. The zero-order valence-electron chi connectivity index (χ0n) is 15.4. The van der Waals surface area contributed by atoms with E-state index >= 15 is 0 Å². The zero-order valence-corrected chi connectivity index (χ0v) is 15.4. The number of hydrogen-bond acceptors (Lipinski definition) is 4. The SMILES string of the molecule is C#CCCc1nc2cc(/C=C/C(=O)NO)ccc2n1CCN(CC)CC. The molecule has 0 spiro atoms. The lowest BCUT2D eigenvalue weighted by Crippen LogP contribution is -2.27. The Morgan fingerprint density at radius 3 is 2.85 bits per heavy atom. The van der Waals surface area contributed by atoms with Gasteiger partial charge in [0.2, 0.25) is 0 Å². The molecule has 1 heterocycles. The minimum atomic E-state index is -0.565. The van der Waals surface area contributed by atoms with E-state index in [2.05, 4.69) is 29.2 Å². The predicted octanol–water partition coefficient (Wildman–Crippen LogP) is 2.46. The molecule has 26 heavy (non-hydrogen) atoms. The second kappa shape index (κ2) is 9.76. The Hall–Kier alpha value is -2.62. The molecular weight excluding hydrogens is 328 g/mol. The van der Waals surface area contributed by atoms with Crippen LogP contribution in [0.4, 0.5) is 0 Å². The van der Waals surface area contributed by atoms with E-state index in [9.17, 15) is 4.79 Å². The fraction of sp³-hybridized carbons (Fsp3) is 0.400. The van der Waals surface area contributed by atoms with Gasteiger partial charge in [0, 0.05) is 32.0 Å². The lowest BCUT2D eigenvalue weighted by molar-refractivity contribution is -0.124. The van der Waals surface area contributed by atoms with Crippen LogP contribution in [0.5, 0.6) is 0 Å². The number of nitrogens with one attached hydrogen (secondary N) is 1. The van der Waals surface area contributed by atoms with Crippen molar-refractivity contribution in [3.8, 4) is 12.3 Å². The number of hydrogen-bond donors (Lipinski definition) is 2. The van der Waals surface area contributed by atoms with Crippen LogP contribution in [-0.4, -0.2) is 45.2 Å². The fourth-order valence-corrected chi connectivity index (χ4v) is 2.92. The second-order valence-corrected chi connectivity index (χ2v) is 5.97. The third kappa shape index (κ3) is 4.94. The van der Waals surface area contributed by atoms with Gasteiger partial charge < -0.3 is 9.47 Å². The van der Waals surface area contributed by atoms with Gasteiger partial charge in [0.05, 0.1) is 11.0 Å². The summed E-state index contributed by atoms with van der Waals surface area (Å²) in [6, 6.07) is 5.88. The van der Waals surface area contributed by atoms with Gasteiger partial charge in [0.15, 0.2) is 0 Å². The van der Waals surface area contributed by atoms with Crippen LogP contribution in [0.2, 0.25) is 0 Å².